The molecule has 22 heavy (non-hydrogen) atoms. The molecule has 0 bridgehead atoms. The quantitative estimate of drug-likeness (QED) is 0.926. The molecule has 0 aliphatic carbocycles. The van der Waals surface area contributed by atoms with Gasteiger partial charge in [-0.05, 0) is 62.9 Å². The molecule has 0 amide bonds. The van der Waals surface area contributed by atoms with Crippen molar-refractivity contribution < 1.29 is 4.74 Å². The second-order valence-corrected chi connectivity index (χ2v) is 6.03. The topological polar surface area (TPSA) is 34.2 Å². The standard InChI is InChI=1S/C19H24N2O/c1-14-18(17-8-11-20-12-9-17)10-13-21-19(14)22-15(2)16-6-4-3-5-7-16/h3-7,10,13,15,17,20H,8-9,11-12H2,1-2H3/t15-/m1/s1. The molecule has 3 nitrogen and oxygen atoms in total. The Bertz CT molecular complexity index is 606. The Kier molecular flexibility index (Phi) is 4.74. The van der Waals surface area contributed by atoms with Crippen molar-refractivity contribution in [2.75, 3.05) is 13.1 Å². The molecule has 0 unspecified atom stereocenters. The van der Waals surface area contributed by atoms with Gasteiger partial charge in [0.25, 0.3) is 0 Å². The van der Waals surface area contributed by atoms with Crippen molar-refractivity contribution in [2.45, 2.75) is 38.7 Å². The van der Waals surface area contributed by atoms with Crippen molar-refractivity contribution in [3.8, 4) is 5.88 Å². The van der Waals surface area contributed by atoms with Crippen LogP contribution in [0.4, 0.5) is 0 Å². The second-order valence-electron chi connectivity index (χ2n) is 6.03. The minimum atomic E-state index is 0.00988. The van der Waals surface area contributed by atoms with Crippen LogP contribution in [-0.4, -0.2) is 18.1 Å². The van der Waals surface area contributed by atoms with Crippen LogP contribution in [0.5, 0.6) is 5.88 Å². The maximum absolute atomic E-state index is 6.14. The van der Waals surface area contributed by atoms with Crippen molar-refractivity contribution in [3.63, 3.8) is 0 Å². The number of benzene rings is 1. The highest BCUT2D eigenvalue weighted by Gasteiger charge is 2.20. The number of ether oxygens (including phenoxy) is 1. The second kappa shape index (κ2) is 6.93. The predicted molar refractivity (Wildman–Crippen MR) is 89.3 cm³/mol. The summed E-state index contributed by atoms with van der Waals surface area (Å²) < 4.78 is 6.14. The largest absolute Gasteiger partial charge is 0.470 e. The Labute approximate surface area is 132 Å². The third kappa shape index (κ3) is 3.30. The van der Waals surface area contributed by atoms with Gasteiger partial charge in [-0.3, -0.25) is 0 Å². The molecule has 2 heterocycles. The summed E-state index contributed by atoms with van der Waals surface area (Å²) >= 11 is 0. The molecule has 116 valence electrons. The lowest BCUT2D eigenvalue weighted by Gasteiger charge is -2.25. The number of aromatic nitrogens is 1. The first kappa shape index (κ1) is 15.0. The van der Waals surface area contributed by atoms with Gasteiger partial charge in [-0.1, -0.05) is 30.3 Å². The first-order valence-corrected chi connectivity index (χ1v) is 8.13. The Hall–Kier alpha value is -1.87. The highest BCUT2D eigenvalue weighted by Crippen LogP contribution is 2.32. The van der Waals surface area contributed by atoms with Crippen LogP contribution in [-0.2, 0) is 0 Å². The molecule has 3 rings (SSSR count). The molecule has 3 heteroatoms. The zero-order valence-corrected chi connectivity index (χ0v) is 13.4. The molecule has 1 N–H and O–H groups in total. The van der Waals surface area contributed by atoms with Crippen molar-refractivity contribution in [1.82, 2.24) is 10.3 Å². The molecule has 1 fully saturated rings. The summed E-state index contributed by atoms with van der Waals surface area (Å²) in [4.78, 5) is 4.46. The van der Waals surface area contributed by atoms with Crippen LogP contribution in [0.15, 0.2) is 42.6 Å². The van der Waals surface area contributed by atoms with Gasteiger partial charge >= 0.3 is 0 Å². The van der Waals surface area contributed by atoms with E-state index in [0.29, 0.717) is 5.92 Å². The van der Waals surface area contributed by atoms with Gasteiger partial charge in [0, 0.05) is 11.8 Å². The van der Waals surface area contributed by atoms with Crippen LogP contribution in [0.2, 0.25) is 0 Å². The lowest BCUT2D eigenvalue weighted by Crippen LogP contribution is -2.27. The summed E-state index contributed by atoms with van der Waals surface area (Å²) in [5, 5.41) is 3.43. The maximum atomic E-state index is 6.14. The van der Waals surface area contributed by atoms with Gasteiger partial charge in [0.1, 0.15) is 6.10 Å². The molecular formula is C19H24N2O. The fourth-order valence-corrected chi connectivity index (χ4v) is 3.18. The number of hydrogen-bond donors (Lipinski definition) is 1. The van der Waals surface area contributed by atoms with E-state index in [-0.39, 0.29) is 6.10 Å². The molecular weight excluding hydrogens is 272 g/mol. The van der Waals surface area contributed by atoms with Gasteiger partial charge in [0.2, 0.25) is 5.88 Å². The van der Waals surface area contributed by atoms with Crippen LogP contribution in [0, 0.1) is 6.92 Å². The van der Waals surface area contributed by atoms with E-state index in [2.05, 4.69) is 42.3 Å². The Morgan fingerprint density at radius 2 is 1.86 bits per heavy atom. The van der Waals surface area contributed by atoms with Gasteiger partial charge in [-0.2, -0.15) is 0 Å². The minimum Gasteiger partial charge on any atom is -0.470 e. The van der Waals surface area contributed by atoms with Gasteiger partial charge in [-0.25, -0.2) is 4.98 Å². The van der Waals surface area contributed by atoms with Crippen LogP contribution in [0.25, 0.3) is 0 Å². The van der Waals surface area contributed by atoms with E-state index in [0.717, 1.165) is 19.0 Å². The van der Waals surface area contributed by atoms with E-state index < -0.39 is 0 Å². The number of nitrogens with zero attached hydrogens (tertiary/aromatic N) is 1. The van der Waals surface area contributed by atoms with E-state index in [1.165, 1.54) is 29.5 Å². The number of pyridine rings is 1. The van der Waals surface area contributed by atoms with Crippen molar-refractivity contribution in [2.24, 2.45) is 0 Å². The molecule has 2 aromatic rings. The molecule has 1 atom stereocenters. The van der Waals surface area contributed by atoms with Crippen LogP contribution in [0.1, 0.15) is 48.5 Å². The van der Waals surface area contributed by atoms with Gasteiger partial charge in [-0.15, -0.1) is 0 Å². The first-order chi connectivity index (χ1) is 10.8. The van der Waals surface area contributed by atoms with Crippen molar-refractivity contribution in [3.05, 3.63) is 59.3 Å². The zero-order chi connectivity index (χ0) is 15.4. The summed E-state index contributed by atoms with van der Waals surface area (Å²) in [5.74, 6) is 1.39. The third-order valence-corrected chi connectivity index (χ3v) is 4.54. The number of nitrogens with one attached hydrogen (secondary N) is 1. The van der Waals surface area contributed by atoms with E-state index in [9.17, 15) is 0 Å². The molecule has 1 aromatic heterocycles. The van der Waals surface area contributed by atoms with Gasteiger partial charge in [0.15, 0.2) is 0 Å². The van der Waals surface area contributed by atoms with E-state index in [1.54, 1.807) is 0 Å². The highest BCUT2D eigenvalue weighted by molar-refractivity contribution is 5.36. The smallest absolute Gasteiger partial charge is 0.217 e. The van der Waals surface area contributed by atoms with Crippen LogP contribution < -0.4 is 10.1 Å². The van der Waals surface area contributed by atoms with Gasteiger partial charge in [0.05, 0.1) is 0 Å². The average Bonchev–Trinajstić information content (AvgIpc) is 2.58. The fraction of sp³-hybridized carbons (Fsp3) is 0.421. The normalized spacial score (nSPS) is 17.2. The highest BCUT2D eigenvalue weighted by atomic mass is 16.5. The Morgan fingerprint density at radius 1 is 1.14 bits per heavy atom. The first-order valence-electron chi connectivity index (χ1n) is 8.13. The number of piperidine rings is 1. The lowest BCUT2D eigenvalue weighted by atomic mass is 9.88. The number of hydrogen-bond acceptors (Lipinski definition) is 3. The minimum absolute atomic E-state index is 0.00988. The fourth-order valence-electron chi connectivity index (χ4n) is 3.18. The van der Waals surface area contributed by atoms with Gasteiger partial charge < -0.3 is 10.1 Å². The maximum Gasteiger partial charge on any atom is 0.217 e. The average molecular weight is 296 g/mol. The summed E-state index contributed by atoms with van der Waals surface area (Å²) in [6.45, 7) is 6.41. The van der Waals surface area contributed by atoms with E-state index in [1.807, 2.05) is 24.4 Å². The Balaban J connectivity index is 1.79. The Morgan fingerprint density at radius 3 is 2.59 bits per heavy atom. The van der Waals surface area contributed by atoms with E-state index in [4.69, 9.17) is 4.74 Å². The molecule has 1 aliphatic rings. The lowest BCUT2D eigenvalue weighted by molar-refractivity contribution is 0.215. The number of rotatable bonds is 4. The third-order valence-electron chi connectivity index (χ3n) is 4.54. The molecule has 0 spiro atoms. The molecule has 0 saturated carbocycles. The van der Waals surface area contributed by atoms with E-state index >= 15 is 0 Å². The van der Waals surface area contributed by atoms with Crippen LogP contribution >= 0.6 is 0 Å². The van der Waals surface area contributed by atoms with Crippen LogP contribution in [0.3, 0.4) is 0 Å². The summed E-state index contributed by atoms with van der Waals surface area (Å²) in [6, 6.07) is 12.5. The summed E-state index contributed by atoms with van der Waals surface area (Å²) in [5.41, 5.74) is 3.76. The SMILES string of the molecule is Cc1c(C2CCNCC2)ccnc1O[C@H](C)c1ccccc1. The molecule has 1 saturated heterocycles. The summed E-state index contributed by atoms with van der Waals surface area (Å²) in [7, 11) is 0. The molecule has 0 radical (unpaired) electrons. The monoisotopic (exact) mass is 296 g/mol. The van der Waals surface area contributed by atoms with Crippen molar-refractivity contribution >= 4 is 0 Å². The summed E-state index contributed by atoms with van der Waals surface area (Å²) in [6.07, 6.45) is 4.28. The van der Waals surface area contributed by atoms with Crippen molar-refractivity contribution in [1.29, 1.82) is 0 Å². The molecule has 1 aromatic carbocycles. The molecule has 1 aliphatic heterocycles. The predicted octanol–water partition coefficient (Wildman–Crippen LogP) is 4.00. The zero-order valence-electron chi connectivity index (χ0n) is 13.4.